The Balaban J connectivity index is 1.82. The molecule has 0 radical (unpaired) electrons. The van der Waals surface area contributed by atoms with Gasteiger partial charge in [-0.05, 0) is 35.6 Å². The number of para-hydroxylation sites is 1. The molecule has 0 N–H and O–H groups in total. The van der Waals surface area contributed by atoms with Crippen molar-refractivity contribution < 1.29 is 4.42 Å². The zero-order chi connectivity index (χ0) is 19.3. The van der Waals surface area contributed by atoms with Crippen molar-refractivity contribution in [3.63, 3.8) is 0 Å². The summed E-state index contributed by atoms with van der Waals surface area (Å²) in [6, 6.07) is 28.1. The molecule has 1 heterocycles. The van der Waals surface area contributed by atoms with Crippen LogP contribution in [0.25, 0.3) is 22.1 Å². The molecule has 0 spiro atoms. The van der Waals surface area contributed by atoms with E-state index in [4.69, 9.17) is 4.42 Å². The molecule has 0 saturated heterocycles. The topological polar surface area (TPSA) is 13.1 Å². The highest BCUT2D eigenvalue weighted by Crippen LogP contribution is 2.38. The van der Waals surface area contributed by atoms with Crippen molar-refractivity contribution in [2.24, 2.45) is 0 Å². The molecule has 142 valence electrons. The fourth-order valence-corrected chi connectivity index (χ4v) is 4.21. The molecule has 1 atom stereocenters. The van der Waals surface area contributed by atoms with E-state index in [0.29, 0.717) is 5.92 Å². The first kappa shape index (κ1) is 18.6. The van der Waals surface area contributed by atoms with Gasteiger partial charge in [0.05, 0.1) is 0 Å². The molecule has 28 heavy (non-hydrogen) atoms. The van der Waals surface area contributed by atoms with Crippen molar-refractivity contribution in [2.45, 2.75) is 45.4 Å². The van der Waals surface area contributed by atoms with Crippen molar-refractivity contribution in [3.05, 3.63) is 95.7 Å². The second-order valence-corrected chi connectivity index (χ2v) is 7.52. The second-order valence-electron chi connectivity index (χ2n) is 7.52. The van der Waals surface area contributed by atoms with E-state index in [1.807, 2.05) is 0 Å². The molecular weight excluding hydrogens is 340 g/mol. The van der Waals surface area contributed by atoms with Gasteiger partial charge in [0.1, 0.15) is 11.3 Å². The van der Waals surface area contributed by atoms with Gasteiger partial charge in [0, 0.05) is 16.9 Å². The SMILES string of the molecule is CCCc1c(C(CCC)c2cccc(-c3ccccc3)c2)oc2ccccc12. The van der Waals surface area contributed by atoms with Gasteiger partial charge in [-0.1, -0.05) is 99.5 Å². The lowest BCUT2D eigenvalue weighted by molar-refractivity contribution is 0.494. The minimum atomic E-state index is 0.294. The summed E-state index contributed by atoms with van der Waals surface area (Å²) in [5.41, 5.74) is 6.29. The monoisotopic (exact) mass is 368 g/mol. The van der Waals surface area contributed by atoms with Crippen LogP contribution in [-0.4, -0.2) is 0 Å². The largest absolute Gasteiger partial charge is 0.460 e. The number of hydrogen-bond donors (Lipinski definition) is 0. The number of benzene rings is 3. The van der Waals surface area contributed by atoms with Gasteiger partial charge in [-0.15, -0.1) is 0 Å². The summed E-state index contributed by atoms with van der Waals surface area (Å²) in [4.78, 5) is 0. The third-order valence-electron chi connectivity index (χ3n) is 5.52. The van der Waals surface area contributed by atoms with E-state index in [1.54, 1.807) is 0 Å². The Morgan fingerprint density at radius 1 is 0.750 bits per heavy atom. The molecule has 0 fully saturated rings. The molecule has 0 aliphatic rings. The van der Waals surface area contributed by atoms with Crippen molar-refractivity contribution in [2.75, 3.05) is 0 Å². The molecule has 0 saturated carbocycles. The van der Waals surface area contributed by atoms with Crippen LogP contribution in [0, 0.1) is 0 Å². The molecule has 1 heteroatoms. The first-order chi connectivity index (χ1) is 13.8. The van der Waals surface area contributed by atoms with Crippen LogP contribution in [0.1, 0.15) is 55.9 Å². The summed E-state index contributed by atoms with van der Waals surface area (Å²) in [7, 11) is 0. The maximum absolute atomic E-state index is 6.47. The van der Waals surface area contributed by atoms with E-state index in [9.17, 15) is 0 Å². The van der Waals surface area contributed by atoms with Crippen molar-refractivity contribution in [3.8, 4) is 11.1 Å². The fraction of sp³-hybridized carbons (Fsp3) is 0.259. The van der Waals surface area contributed by atoms with E-state index in [1.165, 1.54) is 27.6 Å². The van der Waals surface area contributed by atoms with Crippen molar-refractivity contribution >= 4 is 11.0 Å². The fourth-order valence-electron chi connectivity index (χ4n) is 4.21. The Kier molecular flexibility index (Phi) is 5.62. The Labute approximate surface area is 168 Å². The lowest BCUT2D eigenvalue weighted by Gasteiger charge is -2.17. The van der Waals surface area contributed by atoms with Crippen LogP contribution < -0.4 is 0 Å². The molecule has 3 aromatic carbocycles. The average Bonchev–Trinajstić information content (AvgIpc) is 3.11. The first-order valence-electron chi connectivity index (χ1n) is 10.5. The smallest absolute Gasteiger partial charge is 0.134 e. The third kappa shape index (κ3) is 3.62. The minimum Gasteiger partial charge on any atom is -0.460 e. The van der Waals surface area contributed by atoms with E-state index in [2.05, 4.69) is 92.7 Å². The Bertz CT molecular complexity index is 1040. The van der Waals surface area contributed by atoms with Gasteiger partial charge >= 0.3 is 0 Å². The van der Waals surface area contributed by atoms with Crippen molar-refractivity contribution in [1.82, 2.24) is 0 Å². The van der Waals surface area contributed by atoms with Gasteiger partial charge in [-0.3, -0.25) is 0 Å². The number of aryl methyl sites for hydroxylation is 1. The lowest BCUT2D eigenvalue weighted by atomic mass is 9.87. The molecule has 1 aromatic heterocycles. The Morgan fingerprint density at radius 3 is 2.29 bits per heavy atom. The highest BCUT2D eigenvalue weighted by atomic mass is 16.3. The molecule has 4 rings (SSSR count). The van der Waals surface area contributed by atoms with Crippen LogP contribution in [0.4, 0.5) is 0 Å². The van der Waals surface area contributed by atoms with E-state index in [-0.39, 0.29) is 0 Å². The number of hydrogen-bond acceptors (Lipinski definition) is 1. The summed E-state index contributed by atoms with van der Waals surface area (Å²) >= 11 is 0. The van der Waals surface area contributed by atoms with Crippen LogP contribution >= 0.6 is 0 Å². The van der Waals surface area contributed by atoms with E-state index >= 15 is 0 Å². The quantitative estimate of drug-likeness (QED) is 0.322. The van der Waals surface area contributed by atoms with Crippen LogP contribution in [0.3, 0.4) is 0 Å². The highest BCUT2D eigenvalue weighted by molar-refractivity contribution is 5.82. The minimum absolute atomic E-state index is 0.294. The summed E-state index contributed by atoms with van der Waals surface area (Å²) in [5, 5.41) is 1.28. The molecule has 0 aliphatic carbocycles. The van der Waals surface area contributed by atoms with Crippen LogP contribution in [0.5, 0.6) is 0 Å². The van der Waals surface area contributed by atoms with E-state index < -0.39 is 0 Å². The molecule has 4 aromatic rings. The average molecular weight is 369 g/mol. The number of fused-ring (bicyclic) bond motifs is 1. The Morgan fingerprint density at radius 2 is 1.50 bits per heavy atom. The second kappa shape index (κ2) is 8.48. The van der Waals surface area contributed by atoms with Gasteiger partial charge in [0.25, 0.3) is 0 Å². The number of rotatable bonds is 7. The van der Waals surface area contributed by atoms with Gasteiger partial charge in [0.15, 0.2) is 0 Å². The van der Waals surface area contributed by atoms with Crippen molar-refractivity contribution in [1.29, 1.82) is 0 Å². The maximum atomic E-state index is 6.47. The summed E-state index contributed by atoms with van der Waals surface area (Å²) < 4.78 is 6.47. The summed E-state index contributed by atoms with van der Waals surface area (Å²) in [6.07, 6.45) is 4.40. The normalized spacial score (nSPS) is 12.4. The Hall–Kier alpha value is -2.80. The van der Waals surface area contributed by atoms with Gasteiger partial charge < -0.3 is 4.42 Å². The van der Waals surface area contributed by atoms with Crippen LogP contribution in [0.15, 0.2) is 83.3 Å². The first-order valence-corrected chi connectivity index (χ1v) is 10.5. The molecule has 0 amide bonds. The molecular formula is C27H28O. The standard InChI is InChI=1S/C27H28O/c1-3-11-23(22-16-10-15-21(19-22)20-13-6-5-7-14-20)27-25(12-4-2)24-17-8-9-18-26(24)28-27/h5-10,13-19,23H,3-4,11-12H2,1-2H3. The van der Waals surface area contributed by atoms with E-state index in [0.717, 1.165) is 37.0 Å². The van der Waals surface area contributed by atoms with Gasteiger partial charge in [-0.2, -0.15) is 0 Å². The molecule has 0 aliphatic heterocycles. The van der Waals surface area contributed by atoms with Gasteiger partial charge in [0.2, 0.25) is 0 Å². The maximum Gasteiger partial charge on any atom is 0.134 e. The van der Waals surface area contributed by atoms with Crippen LogP contribution in [-0.2, 0) is 6.42 Å². The highest BCUT2D eigenvalue weighted by Gasteiger charge is 2.23. The molecule has 0 bridgehead atoms. The van der Waals surface area contributed by atoms with Crippen LogP contribution in [0.2, 0.25) is 0 Å². The zero-order valence-electron chi connectivity index (χ0n) is 16.8. The molecule has 1 unspecified atom stereocenters. The molecule has 1 nitrogen and oxygen atoms in total. The summed E-state index contributed by atoms with van der Waals surface area (Å²) in [5.74, 6) is 1.46. The van der Waals surface area contributed by atoms with Gasteiger partial charge in [-0.25, -0.2) is 0 Å². The predicted octanol–water partition coefficient (Wildman–Crippen LogP) is 7.98. The summed E-state index contributed by atoms with van der Waals surface area (Å²) in [6.45, 7) is 4.51. The number of furan rings is 1. The predicted molar refractivity (Wildman–Crippen MR) is 119 cm³/mol. The third-order valence-corrected chi connectivity index (χ3v) is 5.52. The lowest BCUT2D eigenvalue weighted by Crippen LogP contribution is -2.03. The zero-order valence-corrected chi connectivity index (χ0v) is 16.8.